The van der Waals surface area contributed by atoms with E-state index >= 15 is 0 Å². The second-order valence-electron chi connectivity index (χ2n) is 2.30. The first kappa shape index (κ1) is 5.56. The molecule has 0 unspecified atom stereocenters. The van der Waals surface area contributed by atoms with Crippen LogP contribution in [-0.4, -0.2) is 0 Å². The van der Waals surface area contributed by atoms with Crippen molar-refractivity contribution in [3.63, 3.8) is 0 Å². The summed E-state index contributed by atoms with van der Waals surface area (Å²) >= 11 is 0. The van der Waals surface area contributed by atoms with Crippen molar-refractivity contribution in [3.05, 3.63) is 6.92 Å². The van der Waals surface area contributed by atoms with Gasteiger partial charge in [0, 0.05) is 0 Å². The van der Waals surface area contributed by atoms with E-state index in [0.29, 0.717) is 5.92 Å². The maximum atomic E-state index is 3.49. The molecule has 1 aliphatic carbocycles. The van der Waals surface area contributed by atoms with E-state index in [4.69, 9.17) is 0 Å². The summed E-state index contributed by atoms with van der Waals surface area (Å²) in [4.78, 5) is 0. The van der Waals surface area contributed by atoms with Gasteiger partial charge in [-0.3, -0.25) is 5.92 Å². The fourth-order valence-corrected chi connectivity index (χ4v) is 1.21. The van der Waals surface area contributed by atoms with Crippen molar-refractivity contribution in [2.45, 2.75) is 25.7 Å². The molecule has 0 aromatic carbocycles. The molecular formula is C8H11-. The van der Waals surface area contributed by atoms with Crippen LogP contribution in [0.15, 0.2) is 0 Å². The van der Waals surface area contributed by atoms with Gasteiger partial charge in [-0.05, 0) is 0 Å². The molecule has 8 heavy (non-hydrogen) atoms. The fraction of sp³-hybridized carbons (Fsp3) is 0.625. The van der Waals surface area contributed by atoms with Gasteiger partial charge in [0.15, 0.2) is 0 Å². The van der Waals surface area contributed by atoms with Crippen molar-refractivity contribution in [2.24, 2.45) is 5.92 Å². The predicted molar refractivity (Wildman–Crippen MR) is 35.1 cm³/mol. The highest BCUT2D eigenvalue weighted by atomic mass is 14.1. The van der Waals surface area contributed by atoms with Crippen LogP contribution in [0.1, 0.15) is 25.7 Å². The average Bonchev–Trinajstić information content (AvgIpc) is 2.19. The van der Waals surface area contributed by atoms with Crippen molar-refractivity contribution < 1.29 is 0 Å². The van der Waals surface area contributed by atoms with Gasteiger partial charge in [-0.15, -0.1) is 0 Å². The van der Waals surface area contributed by atoms with Crippen molar-refractivity contribution in [1.29, 1.82) is 0 Å². The fourth-order valence-electron chi connectivity index (χ4n) is 1.21. The molecule has 0 aliphatic heterocycles. The highest BCUT2D eigenvalue weighted by Crippen LogP contribution is 2.23. The Morgan fingerprint density at radius 2 is 1.88 bits per heavy atom. The van der Waals surface area contributed by atoms with Crippen LogP contribution in [0, 0.1) is 24.7 Å². The Morgan fingerprint density at radius 3 is 2.38 bits per heavy atom. The molecule has 0 radical (unpaired) electrons. The first-order valence-electron chi connectivity index (χ1n) is 3.21. The van der Waals surface area contributed by atoms with Gasteiger partial charge in [0.1, 0.15) is 0 Å². The van der Waals surface area contributed by atoms with E-state index in [1.54, 1.807) is 0 Å². The first-order valence-corrected chi connectivity index (χ1v) is 3.21. The topological polar surface area (TPSA) is 0 Å². The maximum Gasteiger partial charge on any atom is -0.0537 e. The van der Waals surface area contributed by atoms with E-state index in [1.807, 2.05) is 0 Å². The van der Waals surface area contributed by atoms with Crippen molar-refractivity contribution in [1.82, 2.24) is 0 Å². The number of rotatable bonds is 0. The zero-order valence-corrected chi connectivity index (χ0v) is 5.11. The van der Waals surface area contributed by atoms with Gasteiger partial charge in [-0.1, -0.05) is 31.6 Å². The molecule has 1 fully saturated rings. The smallest absolute Gasteiger partial charge is 0.0537 e. The van der Waals surface area contributed by atoms with E-state index in [9.17, 15) is 0 Å². The van der Waals surface area contributed by atoms with Gasteiger partial charge in [-0.25, -0.2) is 0 Å². The summed E-state index contributed by atoms with van der Waals surface area (Å²) in [7, 11) is 0. The normalized spacial score (nSPS) is 20.0. The van der Waals surface area contributed by atoms with Gasteiger partial charge >= 0.3 is 0 Å². The Morgan fingerprint density at radius 1 is 1.25 bits per heavy atom. The third-order valence-corrected chi connectivity index (χ3v) is 1.66. The molecule has 0 N–H and O–H groups in total. The lowest BCUT2D eigenvalue weighted by atomic mass is 10.1. The van der Waals surface area contributed by atoms with Gasteiger partial charge < -0.3 is 5.92 Å². The van der Waals surface area contributed by atoms with Crippen LogP contribution in [0.25, 0.3) is 0 Å². The van der Waals surface area contributed by atoms with Crippen LogP contribution in [0.5, 0.6) is 0 Å². The first-order chi connectivity index (χ1) is 3.93. The molecule has 0 amide bonds. The minimum absolute atomic E-state index is 0.687. The monoisotopic (exact) mass is 107 g/mol. The lowest BCUT2D eigenvalue weighted by Crippen LogP contribution is -1.84. The van der Waals surface area contributed by atoms with Gasteiger partial charge in [0.25, 0.3) is 0 Å². The van der Waals surface area contributed by atoms with Crippen molar-refractivity contribution >= 4 is 0 Å². The maximum absolute atomic E-state index is 3.49. The molecule has 0 spiro atoms. The zero-order chi connectivity index (χ0) is 5.82. The lowest BCUT2D eigenvalue weighted by molar-refractivity contribution is 0.712. The SMILES string of the molecule is [CH2-]C#CC1CCCC1. The van der Waals surface area contributed by atoms with Gasteiger partial charge in [0.05, 0.1) is 0 Å². The van der Waals surface area contributed by atoms with Crippen LogP contribution in [0.4, 0.5) is 0 Å². The predicted octanol–water partition coefficient (Wildman–Crippen LogP) is 2.01. The molecule has 1 rings (SSSR count). The quantitative estimate of drug-likeness (QED) is 0.328. The molecule has 1 saturated carbocycles. The summed E-state index contributed by atoms with van der Waals surface area (Å²) in [5.74, 6) is 6.48. The van der Waals surface area contributed by atoms with E-state index in [0.717, 1.165) is 0 Å². The molecular weight excluding hydrogens is 96.1 g/mol. The molecule has 1 aliphatic rings. The summed E-state index contributed by atoms with van der Waals surface area (Å²) in [5.41, 5.74) is 0. The summed E-state index contributed by atoms with van der Waals surface area (Å²) in [6.45, 7) is 3.49. The van der Waals surface area contributed by atoms with Crippen LogP contribution < -0.4 is 0 Å². The minimum Gasteiger partial charge on any atom is -0.324 e. The summed E-state index contributed by atoms with van der Waals surface area (Å²) < 4.78 is 0. The Balaban J connectivity index is 2.32. The third kappa shape index (κ3) is 1.20. The highest BCUT2D eigenvalue weighted by molar-refractivity contribution is 5.06. The second-order valence-corrected chi connectivity index (χ2v) is 2.30. The van der Waals surface area contributed by atoms with Crippen molar-refractivity contribution in [2.75, 3.05) is 0 Å². The molecule has 0 atom stereocenters. The standard InChI is InChI=1S/C8H11/c1-2-5-8-6-3-4-7-8/h8H,1,3-4,6-7H2/q-1. The second kappa shape index (κ2) is 2.67. The third-order valence-electron chi connectivity index (χ3n) is 1.66. The molecule has 0 heterocycles. The molecule has 0 heteroatoms. The van der Waals surface area contributed by atoms with Gasteiger partial charge in [0.2, 0.25) is 0 Å². The van der Waals surface area contributed by atoms with E-state index < -0.39 is 0 Å². The van der Waals surface area contributed by atoms with E-state index in [-0.39, 0.29) is 0 Å². The molecule has 0 saturated heterocycles. The van der Waals surface area contributed by atoms with Crippen LogP contribution in [0.2, 0.25) is 0 Å². The summed E-state index contributed by atoms with van der Waals surface area (Å²) in [5, 5.41) is 0. The molecule has 0 aromatic rings. The largest absolute Gasteiger partial charge is 0.324 e. The zero-order valence-electron chi connectivity index (χ0n) is 5.11. The molecule has 0 bridgehead atoms. The van der Waals surface area contributed by atoms with Crippen LogP contribution in [0.3, 0.4) is 0 Å². The Labute approximate surface area is 51.3 Å². The number of hydrogen-bond donors (Lipinski definition) is 0. The minimum atomic E-state index is 0.687. The van der Waals surface area contributed by atoms with Gasteiger partial charge in [-0.2, -0.15) is 6.92 Å². The van der Waals surface area contributed by atoms with Crippen LogP contribution in [-0.2, 0) is 0 Å². The van der Waals surface area contributed by atoms with E-state index in [2.05, 4.69) is 18.8 Å². The molecule has 44 valence electrons. The molecule has 0 aromatic heterocycles. The lowest BCUT2D eigenvalue weighted by Gasteiger charge is -2.01. The van der Waals surface area contributed by atoms with E-state index in [1.165, 1.54) is 25.7 Å². The Bertz CT molecular complexity index is 108. The summed E-state index contributed by atoms with van der Waals surface area (Å²) in [6.07, 6.45) is 5.36. The average molecular weight is 107 g/mol. The summed E-state index contributed by atoms with van der Waals surface area (Å²) in [6, 6.07) is 0. The Kier molecular flexibility index (Phi) is 1.86. The highest BCUT2D eigenvalue weighted by Gasteiger charge is 2.05. The Hall–Kier alpha value is -0.570. The number of hydrogen-bond acceptors (Lipinski definition) is 0. The molecule has 0 nitrogen and oxygen atoms in total. The van der Waals surface area contributed by atoms with Crippen molar-refractivity contribution in [3.8, 4) is 11.8 Å². The van der Waals surface area contributed by atoms with Crippen LogP contribution >= 0.6 is 0 Å².